The van der Waals surface area contributed by atoms with Gasteiger partial charge in [0.15, 0.2) is 0 Å². The van der Waals surface area contributed by atoms with E-state index >= 15 is 0 Å². The Kier molecular flexibility index (Phi) is 5.03. The van der Waals surface area contributed by atoms with E-state index in [-0.39, 0.29) is 5.56 Å². The van der Waals surface area contributed by atoms with Gasteiger partial charge in [-0.05, 0) is 18.2 Å². The van der Waals surface area contributed by atoms with Gasteiger partial charge in [0.1, 0.15) is 5.82 Å². The van der Waals surface area contributed by atoms with Crippen molar-refractivity contribution in [1.29, 1.82) is 0 Å². The fourth-order valence-corrected chi connectivity index (χ4v) is 3.37. The lowest BCUT2D eigenvalue weighted by molar-refractivity contribution is 0.236. The van der Waals surface area contributed by atoms with Crippen LogP contribution in [-0.2, 0) is 19.5 Å². The van der Waals surface area contributed by atoms with Crippen LogP contribution in [0.25, 0.3) is 11.4 Å². The Hall–Kier alpha value is -3.26. The number of pyridine rings is 2. The highest BCUT2D eigenvalue weighted by Crippen LogP contribution is 2.24. The molecule has 3 aromatic rings. The number of nitrogens with one attached hydrogen (secondary N) is 1. The minimum absolute atomic E-state index is 0.0960. The monoisotopic (exact) mass is 379 g/mol. The normalized spacial score (nSPS) is 13.8. The van der Waals surface area contributed by atoms with E-state index in [0.717, 1.165) is 23.4 Å². The largest absolute Gasteiger partial charge is 0.481 e. The predicted molar refractivity (Wildman–Crippen MR) is 103 cm³/mol. The molecule has 0 radical (unpaired) electrons. The smallest absolute Gasteiger partial charge is 0.255 e. The van der Waals surface area contributed by atoms with E-state index in [1.54, 1.807) is 26.6 Å². The van der Waals surface area contributed by atoms with E-state index in [9.17, 15) is 4.79 Å². The molecule has 1 N–H and O–H groups in total. The number of hydrogen-bond acceptors (Lipinski definition) is 7. The van der Waals surface area contributed by atoms with Crippen LogP contribution in [0.4, 0.5) is 0 Å². The van der Waals surface area contributed by atoms with Gasteiger partial charge in [-0.25, -0.2) is 4.98 Å². The second-order valence-electron chi connectivity index (χ2n) is 6.56. The van der Waals surface area contributed by atoms with E-state index in [1.165, 1.54) is 0 Å². The lowest BCUT2D eigenvalue weighted by Crippen LogP contribution is -2.35. The van der Waals surface area contributed by atoms with E-state index in [2.05, 4.69) is 24.8 Å². The maximum absolute atomic E-state index is 12.7. The van der Waals surface area contributed by atoms with Gasteiger partial charge in [-0.15, -0.1) is 0 Å². The van der Waals surface area contributed by atoms with Crippen LogP contribution in [0, 0.1) is 0 Å². The molecule has 0 unspecified atom stereocenters. The number of hydrogen-bond donors (Lipinski definition) is 1. The molecule has 4 heterocycles. The molecule has 144 valence electrons. The molecule has 8 nitrogen and oxygen atoms in total. The molecule has 4 rings (SSSR count). The van der Waals surface area contributed by atoms with Crippen LogP contribution in [-0.4, -0.2) is 45.6 Å². The van der Waals surface area contributed by atoms with Gasteiger partial charge >= 0.3 is 0 Å². The first-order chi connectivity index (χ1) is 13.7. The van der Waals surface area contributed by atoms with Crippen LogP contribution in [0.3, 0.4) is 0 Å². The Morgan fingerprint density at radius 2 is 1.93 bits per heavy atom. The predicted octanol–water partition coefficient (Wildman–Crippen LogP) is 1.80. The highest BCUT2D eigenvalue weighted by molar-refractivity contribution is 5.54. The summed E-state index contributed by atoms with van der Waals surface area (Å²) in [5.41, 5.74) is 3.27. The average Bonchev–Trinajstić information content (AvgIpc) is 2.75. The number of aromatic nitrogens is 4. The first-order valence-corrected chi connectivity index (χ1v) is 9.00. The zero-order valence-corrected chi connectivity index (χ0v) is 15.8. The molecular weight excluding hydrogens is 358 g/mol. The molecule has 1 aliphatic rings. The number of rotatable bonds is 5. The van der Waals surface area contributed by atoms with Crippen molar-refractivity contribution in [2.24, 2.45) is 0 Å². The van der Waals surface area contributed by atoms with Gasteiger partial charge in [0, 0.05) is 55.6 Å². The summed E-state index contributed by atoms with van der Waals surface area (Å²) in [4.78, 5) is 30.8. The fourth-order valence-electron chi connectivity index (χ4n) is 3.37. The lowest BCUT2D eigenvalue weighted by atomic mass is 10.1. The molecule has 0 saturated carbocycles. The standard InChI is InChI=1S/C20H21N5O3/c1-27-17-4-3-14(20(23-17)28-2)11-25-10-7-16-15(12-25)19(26)24-18(22-16)13-5-8-21-9-6-13/h3-6,8-9H,7,10-12H2,1-2H3,(H,22,24,26). The van der Waals surface area contributed by atoms with Gasteiger partial charge in [0.25, 0.3) is 5.56 Å². The Morgan fingerprint density at radius 1 is 1.11 bits per heavy atom. The summed E-state index contributed by atoms with van der Waals surface area (Å²) in [5, 5.41) is 0. The van der Waals surface area contributed by atoms with Crippen LogP contribution >= 0.6 is 0 Å². The van der Waals surface area contributed by atoms with Crippen molar-refractivity contribution >= 4 is 0 Å². The molecule has 0 aromatic carbocycles. The summed E-state index contributed by atoms with van der Waals surface area (Å²) in [6, 6.07) is 7.42. The molecule has 1 aliphatic heterocycles. The number of fused-ring (bicyclic) bond motifs is 1. The Labute approximate surface area is 162 Å². The summed E-state index contributed by atoms with van der Waals surface area (Å²) in [6.07, 6.45) is 4.09. The molecule has 0 fully saturated rings. The van der Waals surface area contributed by atoms with Gasteiger partial charge in [-0.1, -0.05) is 0 Å². The quantitative estimate of drug-likeness (QED) is 0.722. The molecule has 0 bridgehead atoms. The molecule has 0 atom stereocenters. The van der Waals surface area contributed by atoms with Crippen molar-refractivity contribution in [3.8, 4) is 23.1 Å². The van der Waals surface area contributed by atoms with Crippen molar-refractivity contribution in [1.82, 2.24) is 24.8 Å². The SMILES string of the molecule is COc1ccc(CN2CCc3nc(-c4ccncc4)[nH]c(=O)c3C2)c(OC)n1. The Morgan fingerprint density at radius 3 is 2.68 bits per heavy atom. The summed E-state index contributed by atoms with van der Waals surface area (Å²) in [6.45, 7) is 1.96. The topological polar surface area (TPSA) is 93.2 Å². The first kappa shape index (κ1) is 18.1. The second kappa shape index (κ2) is 7.77. The molecular formula is C20H21N5O3. The molecule has 3 aromatic heterocycles. The third kappa shape index (κ3) is 3.59. The van der Waals surface area contributed by atoms with Gasteiger partial charge in [0.05, 0.1) is 25.5 Å². The van der Waals surface area contributed by atoms with E-state index in [4.69, 9.17) is 9.47 Å². The number of methoxy groups -OCH3 is 2. The Balaban J connectivity index is 1.57. The minimum Gasteiger partial charge on any atom is -0.481 e. The molecule has 0 amide bonds. The van der Waals surface area contributed by atoms with Gasteiger partial charge in [-0.2, -0.15) is 4.98 Å². The van der Waals surface area contributed by atoms with Crippen LogP contribution in [0.2, 0.25) is 0 Å². The Bertz CT molecular complexity index is 1040. The van der Waals surface area contributed by atoms with E-state index in [0.29, 0.717) is 42.7 Å². The second-order valence-corrected chi connectivity index (χ2v) is 6.56. The van der Waals surface area contributed by atoms with Gasteiger partial charge < -0.3 is 14.5 Å². The molecule has 0 saturated heterocycles. The number of aromatic amines is 1. The fraction of sp³-hybridized carbons (Fsp3) is 0.300. The summed E-state index contributed by atoms with van der Waals surface area (Å²) >= 11 is 0. The summed E-state index contributed by atoms with van der Waals surface area (Å²) in [5.74, 6) is 1.62. The average molecular weight is 379 g/mol. The maximum atomic E-state index is 12.7. The molecule has 0 spiro atoms. The summed E-state index contributed by atoms with van der Waals surface area (Å²) in [7, 11) is 3.16. The van der Waals surface area contributed by atoms with Crippen LogP contribution in [0.1, 0.15) is 16.8 Å². The maximum Gasteiger partial charge on any atom is 0.255 e. The van der Waals surface area contributed by atoms with Crippen molar-refractivity contribution in [3.63, 3.8) is 0 Å². The van der Waals surface area contributed by atoms with Crippen LogP contribution in [0.5, 0.6) is 11.8 Å². The third-order valence-electron chi connectivity index (χ3n) is 4.81. The van der Waals surface area contributed by atoms with Crippen molar-refractivity contribution in [3.05, 3.63) is 63.8 Å². The number of nitrogens with zero attached hydrogens (tertiary/aromatic N) is 4. The van der Waals surface area contributed by atoms with Gasteiger partial charge in [-0.3, -0.25) is 14.7 Å². The van der Waals surface area contributed by atoms with Crippen molar-refractivity contribution in [2.75, 3.05) is 20.8 Å². The zero-order chi connectivity index (χ0) is 19.5. The van der Waals surface area contributed by atoms with Crippen LogP contribution < -0.4 is 15.0 Å². The highest BCUT2D eigenvalue weighted by atomic mass is 16.5. The lowest BCUT2D eigenvalue weighted by Gasteiger charge is -2.28. The first-order valence-electron chi connectivity index (χ1n) is 9.00. The zero-order valence-electron chi connectivity index (χ0n) is 15.8. The third-order valence-corrected chi connectivity index (χ3v) is 4.81. The van der Waals surface area contributed by atoms with Crippen LogP contribution in [0.15, 0.2) is 41.5 Å². The summed E-state index contributed by atoms with van der Waals surface area (Å²) < 4.78 is 10.5. The molecule has 0 aliphatic carbocycles. The molecule has 8 heteroatoms. The van der Waals surface area contributed by atoms with Gasteiger partial charge in [0.2, 0.25) is 11.8 Å². The van der Waals surface area contributed by atoms with Crippen molar-refractivity contribution < 1.29 is 9.47 Å². The van der Waals surface area contributed by atoms with Crippen molar-refractivity contribution in [2.45, 2.75) is 19.5 Å². The number of H-pyrrole nitrogens is 1. The van der Waals surface area contributed by atoms with E-state index in [1.807, 2.05) is 24.3 Å². The minimum atomic E-state index is -0.0960. The van der Waals surface area contributed by atoms with E-state index < -0.39 is 0 Å². The number of ether oxygens (including phenoxy) is 2. The highest BCUT2D eigenvalue weighted by Gasteiger charge is 2.22. The molecule has 28 heavy (non-hydrogen) atoms.